The number of rotatable bonds is 5. The monoisotopic (exact) mass is 332 g/mol. The van der Waals surface area contributed by atoms with Gasteiger partial charge in [0.15, 0.2) is 0 Å². The van der Waals surface area contributed by atoms with Crippen molar-refractivity contribution in [3.8, 4) is 0 Å². The van der Waals surface area contributed by atoms with Crippen LogP contribution in [0.1, 0.15) is 24.1 Å². The molecule has 3 N–H and O–H groups in total. The van der Waals surface area contributed by atoms with Gasteiger partial charge in [0, 0.05) is 11.4 Å². The Balaban J connectivity index is 2.12. The maximum atomic E-state index is 12.2. The van der Waals surface area contributed by atoms with Crippen LogP contribution in [0.4, 0.5) is 0 Å². The average molecular weight is 332 g/mol. The Kier molecular flexibility index (Phi) is 4.96. The van der Waals surface area contributed by atoms with Crippen molar-refractivity contribution in [2.45, 2.75) is 35.9 Å². The molecule has 9 heteroatoms. The van der Waals surface area contributed by atoms with Crippen LogP contribution < -0.4 is 10.0 Å². The molecule has 1 aromatic heterocycles. The minimum Gasteiger partial charge on any atom is -0.481 e. The summed E-state index contributed by atoms with van der Waals surface area (Å²) in [6.45, 7) is 0.554. The number of nitrogens with one attached hydrogen (secondary N) is 2. The summed E-state index contributed by atoms with van der Waals surface area (Å²) in [6, 6.07) is 2.06. The molecule has 21 heavy (non-hydrogen) atoms. The van der Waals surface area contributed by atoms with Gasteiger partial charge < -0.3 is 10.4 Å². The molecule has 2 rings (SSSR count). The number of carbonyl (C=O) groups excluding carboxylic acids is 1. The summed E-state index contributed by atoms with van der Waals surface area (Å²) in [7, 11) is -3.81. The predicted molar refractivity (Wildman–Crippen MR) is 76.6 cm³/mol. The Hall–Kier alpha value is -1.45. The molecule has 0 bridgehead atoms. The minimum absolute atomic E-state index is 0.0239. The van der Waals surface area contributed by atoms with Gasteiger partial charge >= 0.3 is 5.97 Å². The largest absolute Gasteiger partial charge is 0.481 e. The minimum atomic E-state index is -3.81. The first-order valence-electron chi connectivity index (χ1n) is 6.49. The van der Waals surface area contributed by atoms with Gasteiger partial charge in [-0.1, -0.05) is 0 Å². The van der Waals surface area contributed by atoms with Gasteiger partial charge in [0.05, 0.1) is 6.42 Å². The molecule has 1 saturated heterocycles. The second-order valence-corrected chi connectivity index (χ2v) is 7.86. The van der Waals surface area contributed by atoms with Crippen molar-refractivity contribution in [3.63, 3.8) is 0 Å². The lowest BCUT2D eigenvalue weighted by Crippen LogP contribution is -2.45. The number of hydrogen-bond donors (Lipinski definition) is 3. The number of thiophene rings is 1. The van der Waals surface area contributed by atoms with Crippen molar-refractivity contribution in [1.82, 2.24) is 10.0 Å². The van der Waals surface area contributed by atoms with E-state index in [0.717, 1.165) is 24.2 Å². The van der Waals surface area contributed by atoms with E-state index >= 15 is 0 Å². The van der Waals surface area contributed by atoms with E-state index in [-0.39, 0.29) is 16.5 Å². The second kappa shape index (κ2) is 6.54. The van der Waals surface area contributed by atoms with E-state index in [1.54, 1.807) is 0 Å². The van der Waals surface area contributed by atoms with Crippen LogP contribution in [0.5, 0.6) is 0 Å². The molecule has 7 nitrogen and oxygen atoms in total. The summed E-state index contributed by atoms with van der Waals surface area (Å²) >= 11 is 0.900. The van der Waals surface area contributed by atoms with Gasteiger partial charge in [0.1, 0.15) is 10.3 Å². The third-order valence-corrected chi connectivity index (χ3v) is 6.11. The molecule has 1 atom stereocenters. The predicted octanol–water partition coefficient (Wildman–Crippen LogP) is 0.322. The molecular weight excluding hydrogens is 316 g/mol. The number of sulfonamides is 1. The van der Waals surface area contributed by atoms with E-state index in [2.05, 4.69) is 10.0 Å². The fraction of sp³-hybridized carbons (Fsp3) is 0.500. The van der Waals surface area contributed by atoms with Crippen LogP contribution in [0, 0.1) is 0 Å². The summed E-state index contributed by atoms with van der Waals surface area (Å²) in [5, 5.41) is 11.4. The van der Waals surface area contributed by atoms with Crippen molar-refractivity contribution in [2.24, 2.45) is 0 Å². The average Bonchev–Trinajstić information content (AvgIpc) is 2.76. The van der Waals surface area contributed by atoms with Gasteiger partial charge in [0.25, 0.3) is 10.0 Å². The van der Waals surface area contributed by atoms with Gasteiger partial charge in [-0.05, 0) is 31.4 Å². The topological polar surface area (TPSA) is 113 Å². The fourth-order valence-corrected chi connectivity index (χ4v) is 4.64. The van der Waals surface area contributed by atoms with Crippen LogP contribution in [0.3, 0.4) is 0 Å². The third-order valence-electron chi connectivity index (χ3n) is 3.06. The first kappa shape index (κ1) is 15.9. The quantitative estimate of drug-likeness (QED) is 0.719. The zero-order valence-corrected chi connectivity index (χ0v) is 12.8. The van der Waals surface area contributed by atoms with E-state index in [4.69, 9.17) is 5.11 Å². The first-order valence-corrected chi connectivity index (χ1v) is 8.79. The molecule has 1 fully saturated rings. The third kappa shape index (κ3) is 4.26. The van der Waals surface area contributed by atoms with Crippen LogP contribution in [-0.2, 0) is 26.0 Å². The highest BCUT2D eigenvalue weighted by atomic mass is 32.2. The van der Waals surface area contributed by atoms with Crippen LogP contribution in [0.15, 0.2) is 16.3 Å². The van der Waals surface area contributed by atoms with Gasteiger partial charge in [-0.25, -0.2) is 8.42 Å². The smallest absolute Gasteiger partial charge is 0.308 e. The number of amides is 1. The van der Waals surface area contributed by atoms with Crippen LogP contribution in [0.2, 0.25) is 0 Å². The number of carbonyl (C=O) groups is 2. The molecular formula is C12H16N2O5S2. The van der Waals surface area contributed by atoms with Crippen molar-refractivity contribution in [3.05, 3.63) is 17.0 Å². The van der Waals surface area contributed by atoms with Crippen LogP contribution in [0.25, 0.3) is 0 Å². The Morgan fingerprint density at radius 1 is 1.43 bits per heavy atom. The zero-order chi connectivity index (χ0) is 15.5. The molecule has 2 heterocycles. The second-order valence-electron chi connectivity index (χ2n) is 4.75. The molecule has 0 spiro atoms. The van der Waals surface area contributed by atoms with E-state index < -0.39 is 22.0 Å². The van der Waals surface area contributed by atoms with E-state index in [9.17, 15) is 18.0 Å². The normalized spacial score (nSPS) is 19.8. The molecule has 0 saturated carbocycles. The molecule has 1 amide bonds. The van der Waals surface area contributed by atoms with Gasteiger partial charge in [-0.2, -0.15) is 4.72 Å². The Labute approximate surface area is 126 Å². The van der Waals surface area contributed by atoms with Crippen molar-refractivity contribution in [2.75, 3.05) is 6.54 Å². The van der Waals surface area contributed by atoms with E-state index in [1.807, 2.05) is 0 Å². The Morgan fingerprint density at radius 2 is 2.19 bits per heavy atom. The molecule has 1 aromatic rings. The van der Waals surface area contributed by atoms with E-state index in [1.165, 1.54) is 12.1 Å². The summed E-state index contributed by atoms with van der Waals surface area (Å²) in [5.74, 6) is -1.34. The highest BCUT2D eigenvalue weighted by Crippen LogP contribution is 2.22. The van der Waals surface area contributed by atoms with Gasteiger partial charge in [0.2, 0.25) is 5.91 Å². The van der Waals surface area contributed by atoms with E-state index in [0.29, 0.717) is 17.8 Å². The van der Waals surface area contributed by atoms with Crippen LogP contribution in [-0.4, -0.2) is 38.0 Å². The molecule has 1 aliphatic rings. The van der Waals surface area contributed by atoms with Crippen molar-refractivity contribution in [1.29, 1.82) is 0 Å². The Bertz CT molecular complexity index is 638. The lowest BCUT2D eigenvalue weighted by Gasteiger charge is -2.14. The standard InChI is InChI=1S/C12H16N2O5S2/c15-10(16)7-8-4-5-11(20-8)21(18,19)14-9-3-1-2-6-13-12(9)17/h4-5,9,14H,1-3,6-7H2,(H,13,17)(H,15,16). The number of carboxylic acids is 1. The summed E-state index contributed by atoms with van der Waals surface area (Å²) in [4.78, 5) is 22.8. The first-order chi connectivity index (χ1) is 9.88. The maximum absolute atomic E-state index is 12.2. The highest BCUT2D eigenvalue weighted by Gasteiger charge is 2.27. The van der Waals surface area contributed by atoms with Crippen molar-refractivity contribution >= 4 is 33.2 Å². The lowest BCUT2D eigenvalue weighted by atomic mass is 10.1. The SMILES string of the molecule is O=C(O)Cc1ccc(S(=O)(=O)NC2CCCCNC2=O)s1. The summed E-state index contributed by atoms with van der Waals surface area (Å²) in [6.07, 6.45) is 1.83. The summed E-state index contributed by atoms with van der Waals surface area (Å²) in [5.41, 5.74) is 0. The summed E-state index contributed by atoms with van der Waals surface area (Å²) < 4.78 is 26.9. The fourth-order valence-electron chi connectivity index (χ4n) is 2.04. The highest BCUT2D eigenvalue weighted by molar-refractivity contribution is 7.91. The molecule has 0 aliphatic carbocycles. The molecule has 0 aromatic carbocycles. The molecule has 1 aliphatic heterocycles. The molecule has 1 unspecified atom stereocenters. The van der Waals surface area contributed by atoms with Gasteiger partial charge in [-0.3, -0.25) is 9.59 Å². The zero-order valence-electron chi connectivity index (χ0n) is 11.2. The van der Waals surface area contributed by atoms with Gasteiger partial charge in [-0.15, -0.1) is 11.3 Å². The number of carboxylic acid groups (broad SMARTS) is 1. The maximum Gasteiger partial charge on any atom is 0.308 e. The molecule has 0 radical (unpaired) electrons. The lowest BCUT2D eigenvalue weighted by molar-refractivity contribution is -0.136. The Morgan fingerprint density at radius 3 is 2.90 bits per heavy atom. The number of hydrogen-bond acceptors (Lipinski definition) is 5. The van der Waals surface area contributed by atoms with Crippen molar-refractivity contribution < 1.29 is 23.1 Å². The number of aliphatic carboxylic acids is 1. The van der Waals surface area contributed by atoms with Crippen LogP contribution >= 0.6 is 11.3 Å². The molecule has 116 valence electrons.